The van der Waals surface area contributed by atoms with Gasteiger partial charge in [-0.2, -0.15) is 0 Å². The van der Waals surface area contributed by atoms with Crippen LogP contribution in [0.15, 0.2) is 47.4 Å². The Labute approximate surface area is 126 Å². The number of benzene rings is 2. The summed E-state index contributed by atoms with van der Waals surface area (Å²) in [6, 6.07) is 12.9. The van der Waals surface area contributed by atoms with Gasteiger partial charge in [0.2, 0.25) is 0 Å². The molecule has 0 radical (unpaired) electrons. The minimum Gasteiger partial charge on any atom is -0.327 e. The molecule has 21 heavy (non-hydrogen) atoms. The topological polar surface area (TPSA) is 60.2 Å². The Balaban J connectivity index is 1.85. The van der Waals surface area contributed by atoms with Gasteiger partial charge in [-0.05, 0) is 41.7 Å². The van der Waals surface area contributed by atoms with Crippen LogP contribution in [0.4, 0.5) is 0 Å². The summed E-state index contributed by atoms with van der Waals surface area (Å²) in [6.45, 7) is 0. The number of sulfone groups is 1. The minimum absolute atomic E-state index is 0.0516. The van der Waals surface area contributed by atoms with Crippen molar-refractivity contribution in [3.8, 4) is 0 Å². The van der Waals surface area contributed by atoms with Gasteiger partial charge in [-0.1, -0.05) is 43.2 Å². The molecule has 0 aromatic heterocycles. The molecular formula is C17H21NO2S. The Hall–Kier alpha value is -1.39. The molecule has 2 aromatic rings. The molecule has 112 valence electrons. The van der Waals surface area contributed by atoms with Crippen molar-refractivity contribution in [2.75, 3.05) is 5.75 Å². The van der Waals surface area contributed by atoms with E-state index in [1.54, 1.807) is 12.1 Å². The zero-order valence-corrected chi connectivity index (χ0v) is 12.9. The SMILES string of the molecule is NC(CS(=O)(=O)c1ccc2ccccc2c1)C1CCCC1. The predicted octanol–water partition coefficient (Wildman–Crippen LogP) is 3.13. The average molecular weight is 303 g/mol. The van der Waals surface area contributed by atoms with Crippen molar-refractivity contribution in [2.24, 2.45) is 11.7 Å². The Bertz CT molecular complexity index is 733. The fourth-order valence-corrected chi connectivity index (χ4v) is 4.79. The molecule has 1 unspecified atom stereocenters. The van der Waals surface area contributed by atoms with Crippen molar-refractivity contribution in [2.45, 2.75) is 36.6 Å². The van der Waals surface area contributed by atoms with Gasteiger partial charge in [0.05, 0.1) is 10.6 Å². The predicted molar refractivity (Wildman–Crippen MR) is 85.9 cm³/mol. The average Bonchev–Trinajstić information content (AvgIpc) is 3.00. The second-order valence-electron chi connectivity index (χ2n) is 6.00. The van der Waals surface area contributed by atoms with E-state index in [9.17, 15) is 8.42 Å². The number of rotatable bonds is 4. The summed E-state index contributed by atoms with van der Waals surface area (Å²) in [5, 5.41) is 2.00. The summed E-state index contributed by atoms with van der Waals surface area (Å²) >= 11 is 0. The Kier molecular flexibility index (Phi) is 4.00. The molecule has 1 aliphatic rings. The van der Waals surface area contributed by atoms with Crippen molar-refractivity contribution in [1.29, 1.82) is 0 Å². The van der Waals surface area contributed by atoms with E-state index < -0.39 is 9.84 Å². The Morgan fingerprint density at radius 3 is 2.43 bits per heavy atom. The Morgan fingerprint density at radius 2 is 1.71 bits per heavy atom. The van der Waals surface area contributed by atoms with Crippen molar-refractivity contribution in [1.82, 2.24) is 0 Å². The third-order valence-corrected chi connectivity index (χ3v) is 6.29. The third kappa shape index (κ3) is 3.11. The van der Waals surface area contributed by atoms with Gasteiger partial charge >= 0.3 is 0 Å². The van der Waals surface area contributed by atoms with E-state index in [2.05, 4.69) is 0 Å². The van der Waals surface area contributed by atoms with Crippen LogP contribution >= 0.6 is 0 Å². The lowest BCUT2D eigenvalue weighted by atomic mass is 10.0. The fourth-order valence-electron chi connectivity index (χ4n) is 3.23. The maximum Gasteiger partial charge on any atom is 0.179 e. The largest absolute Gasteiger partial charge is 0.327 e. The van der Waals surface area contributed by atoms with Gasteiger partial charge in [0, 0.05) is 6.04 Å². The van der Waals surface area contributed by atoms with E-state index in [0.29, 0.717) is 10.8 Å². The summed E-state index contributed by atoms with van der Waals surface area (Å²) < 4.78 is 25.1. The second-order valence-corrected chi connectivity index (χ2v) is 8.03. The van der Waals surface area contributed by atoms with Crippen molar-refractivity contribution >= 4 is 20.6 Å². The molecule has 3 nitrogen and oxygen atoms in total. The van der Waals surface area contributed by atoms with Gasteiger partial charge < -0.3 is 5.73 Å². The first-order valence-electron chi connectivity index (χ1n) is 7.53. The molecule has 3 rings (SSSR count). The molecule has 1 fully saturated rings. The molecule has 0 saturated heterocycles. The van der Waals surface area contributed by atoms with Crippen molar-refractivity contribution in [3.05, 3.63) is 42.5 Å². The van der Waals surface area contributed by atoms with Crippen LogP contribution in [-0.4, -0.2) is 20.2 Å². The fraction of sp³-hybridized carbons (Fsp3) is 0.412. The van der Waals surface area contributed by atoms with E-state index in [1.807, 2.05) is 30.3 Å². The standard InChI is InChI=1S/C17H21NO2S/c18-17(14-6-2-3-7-14)12-21(19,20)16-10-9-13-5-1-4-8-15(13)11-16/h1,4-5,8-11,14,17H,2-3,6-7,12,18H2. The summed E-state index contributed by atoms with van der Waals surface area (Å²) in [5.74, 6) is 0.413. The van der Waals surface area contributed by atoms with E-state index in [1.165, 1.54) is 12.8 Å². The highest BCUT2D eigenvalue weighted by molar-refractivity contribution is 7.91. The molecule has 2 N–H and O–H groups in total. The van der Waals surface area contributed by atoms with E-state index in [-0.39, 0.29) is 11.8 Å². The first kappa shape index (κ1) is 14.5. The zero-order valence-electron chi connectivity index (χ0n) is 12.0. The molecule has 4 heteroatoms. The molecule has 0 amide bonds. The van der Waals surface area contributed by atoms with Crippen LogP contribution in [0, 0.1) is 5.92 Å². The summed E-state index contributed by atoms with van der Waals surface area (Å²) in [5.41, 5.74) is 6.14. The van der Waals surface area contributed by atoms with Gasteiger partial charge in [0.1, 0.15) is 0 Å². The summed E-state index contributed by atoms with van der Waals surface area (Å²) in [6.07, 6.45) is 4.48. The first-order valence-corrected chi connectivity index (χ1v) is 9.19. The molecule has 1 atom stereocenters. The van der Waals surface area contributed by atoms with Crippen LogP contribution in [0.5, 0.6) is 0 Å². The molecule has 0 aliphatic heterocycles. The molecular weight excluding hydrogens is 282 g/mol. The quantitative estimate of drug-likeness (QED) is 0.944. The highest BCUT2D eigenvalue weighted by Crippen LogP contribution is 2.28. The lowest BCUT2D eigenvalue weighted by Crippen LogP contribution is -2.35. The van der Waals surface area contributed by atoms with Crippen LogP contribution in [0.3, 0.4) is 0 Å². The summed E-state index contributed by atoms with van der Waals surface area (Å²) in [4.78, 5) is 0.384. The molecule has 0 bridgehead atoms. The van der Waals surface area contributed by atoms with Crippen LogP contribution in [0.25, 0.3) is 10.8 Å². The molecule has 1 saturated carbocycles. The van der Waals surface area contributed by atoms with Crippen LogP contribution < -0.4 is 5.73 Å². The number of nitrogens with two attached hydrogens (primary N) is 1. The molecule has 0 spiro atoms. The van der Waals surface area contributed by atoms with E-state index >= 15 is 0 Å². The number of fused-ring (bicyclic) bond motifs is 1. The van der Waals surface area contributed by atoms with Crippen LogP contribution in [0.2, 0.25) is 0 Å². The smallest absolute Gasteiger partial charge is 0.179 e. The number of hydrogen-bond acceptors (Lipinski definition) is 3. The third-order valence-electron chi connectivity index (χ3n) is 4.50. The molecule has 0 heterocycles. The van der Waals surface area contributed by atoms with Crippen molar-refractivity contribution < 1.29 is 8.42 Å². The van der Waals surface area contributed by atoms with Crippen molar-refractivity contribution in [3.63, 3.8) is 0 Å². The summed E-state index contributed by atoms with van der Waals surface area (Å²) in [7, 11) is -3.31. The second kappa shape index (κ2) is 5.78. The highest BCUT2D eigenvalue weighted by atomic mass is 32.2. The van der Waals surface area contributed by atoms with E-state index in [0.717, 1.165) is 23.6 Å². The molecule has 1 aliphatic carbocycles. The highest BCUT2D eigenvalue weighted by Gasteiger charge is 2.27. The van der Waals surface area contributed by atoms with Gasteiger partial charge in [0.25, 0.3) is 0 Å². The number of hydrogen-bond donors (Lipinski definition) is 1. The normalized spacial score (nSPS) is 18.1. The van der Waals surface area contributed by atoms with Crippen LogP contribution in [0.1, 0.15) is 25.7 Å². The lowest BCUT2D eigenvalue weighted by Gasteiger charge is -2.18. The Morgan fingerprint density at radius 1 is 1.05 bits per heavy atom. The minimum atomic E-state index is -3.31. The van der Waals surface area contributed by atoms with Gasteiger partial charge in [-0.15, -0.1) is 0 Å². The van der Waals surface area contributed by atoms with Gasteiger partial charge in [0.15, 0.2) is 9.84 Å². The lowest BCUT2D eigenvalue weighted by molar-refractivity contribution is 0.455. The van der Waals surface area contributed by atoms with Gasteiger partial charge in [-0.3, -0.25) is 0 Å². The maximum absolute atomic E-state index is 12.6. The first-order chi connectivity index (χ1) is 10.1. The van der Waals surface area contributed by atoms with Gasteiger partial charge in [-0.25, -0.2) is 8.42 Å². The molecule has 2 aromatic carbocycles. The monoisotopic (exact) mass is 303 g/mol. The zero-order chi connectivity index (χ0) is 14.9. The van der Waals surface area contributed by atoms with E-state index in [4.69, 9.17) is 5.73 Å². The maximum atomic E-state index is 12.6. The van der Waals surface area contributed by atoms with Crippen LogP contribution in [-0.2, 0) is 9.84 Å².